The third kappa shape index (κ3) is 7.65. The number of nitrogens with zero attached hydrogens (tertiary/aromatic N) is 3. The minimum atomic E-state index is -0.429. The lowest BCUT2D eigenvalue weighted by atomic mass is 10.2. The van der Waals surface area contributed by atoms with Gasteiger partial charge < -0.3 is 20.0 Å². The molecular formula is C21H28N4O4S2. The average Bonchev–Trinajstić information content (AvgIpc) is 3.32. The molecule has 0 amide bonds. The van der Waals surface area contributed by atoms with Gasteiger partial charge in [-0.3, -0.25) is 0 Å². The first-order valence-corrected chi connectivity index (χ1v) is 10.5. The molecule has 168 valence electrons. The van der Waals surface area contributed by atoms with Crippen molar-refractivity contribution in [3.63, 3.8) is 0 Å². The van der Waals surface area contributed by atoms with Gasteiger partial charge in [-0.2, -0.15) is 0 Å². The highest BCUT2D eigenvalue weighted by atomic mass is 32.1. The number of ether oxygens (including phenoxy) is 2. The van der Waals surface area contributed by atoms with E-state index in [4.69, 9.17) is 15.2 Å². The average molecular weight is 465 g/mol. The fraction of sp³-hybridized carbons (Fsp3) is 0.333. The van der Waals surface area contributed by atoms with E-state index in [1.165, 1.54) is 16.0 Å². The van der Waals surface area contributed by atoms with Crippen molar-refractivity contribution in [1.29, 1.82) is 0 Å². The molecule has 0 saturated carbocycles. The molecule has 0 fully saturated rings. The summed E-state index contributed by atoms with van der Waals surface area (Å²) < 4.78 is 12.5. The van der Waals surface area contributed by atoms with E-state index in [-0.39, 0.29) is 7.43 Å². The standard InChI is InChI=1S/C8H8N2OS.C8H7NOS.C4H9NO2.CH4/c1-11-5-3-2-4-6-7(5)10-8(9)12-6;1-10-6-3-2-4-7-8(6)9-5-11-7;1-4(2,3)7-5-6;/h2-4H,1H3,(H2,9,10);2-5H,1H3;1-3H3;1H4. The Morgan fingerprint density at radius 1 is 0.968 bits per heavy atom. The van der Waals surface area contributed by atoms with E-state index in [0.29, 0.717) is 5.13 Å². The number of hydrogen-bond acceptors (Lipinski definition) is 10. The highest BCUT2D eigenvalue weighted by Crippen LogP contribution is 2.30. The molecule has 4 aromatic rings. The van der Waals surface area contributed by atoms with Crippen molar-refractivity contribution < 1.29 is 14.3 Å². The lowest BCUT2D eigenvalue weighted by Crippen LogP contribution is -2.14. The van der Waals surface area contributed by atoms with E-state index in [2.05, 4.69) is 20.1 Å². The van der Waals surface area contributed by atoms with Gasteiger partial charge in [-0.1, -0.05) is 30.9 Å². The Morgan fingerprint density at radius 2 is 1.55 bits per heavy atom. The van der Waals surface area contributed by atoms with Crippen LogP contribution in [0.5, 0.6) is 11.5 Å². The summed E-state index contributed by atoms with van der Waals surface area (Å²) in [6, 6.07) is 11.7. The van der Waals surface area contributed by atoms with Crippen LogP contribution >= 0.6 is 22.7 Å². The van der Waals surface area contributed by atoms with Gasteiger partial charge in [0.05, 0.1) is 29.1 Å². The molecule has 0 bridgehead atoms. The van der Waals surface area contributed by atoms with Crippen molar-refractivity contribution in [1.82, 2.24) is 9.97 Å². The fourth-order valence-electron chi connectivity index (χ4n) is 2.24. The second kappa shape index (κ2) is 12.0. The van der Waals surface area contributed by atoms with Gasteiger partial charge in [0.15, 0.2) is 10.5 Å². The van der Waals surface area contributed by atoms with E-state index in [9.17, 15) is 4.91 Å². The van der Waals surface area contributed by atoms with Gasteiger partial charge in [0, 0.05) is 0 Å². The number of nitrogens with two attached hydrogens (primary N) is 1. The Balaban J connectivity index is 0.000000238. The maximum Gasteiger partial charge on any atom is 0.181 e. The van der Waals surface area contributed by atoms with Crippen LogP contribution in [0.1, 0.15) is 28.2 Å². The maximum absolute atomic E-state index is 9.35. The van der Waals surface area contributed by atoms with Gasteiger partial charge in [0.2, 0.25) is 0 Å². The number of benzene rings is 2. The molecule has 0 aliphatic heterocycles. The van der Waals surface area contributed by atoms with Crippen molar-refractivity contribution in [2.45, 2.75) is 33.8 Å². The molecule has 8 nitrogen and oxygen atoms in total. The van der Waals surface area contributed by atoms with Crippen LogP contribution in [0.2, 0.25) is 0 Å². The first kappa shape index (κ1) is 26.1. The summed E-state index contributed by atoms with van der Waals surface area (Å²) in [6.45, 7) is 5.28. The molecule has 2 heterocycles. The first-order valence-electron chi connectivity index (χ1n) is 8.85. The Bertz CT molecular complexity index is 1090. The highest BCUT2D eigenvalue weighted by Gasteiger charge is 2.09. The minimum absolute atomic E-state index is 0. The molecule has 0 unspecified atom stereocenters. The molecule has 2 aromatic heterocycles. The number of rotatable bonds is 3. The molecule has 0 radical (unpaired) electrons. The van der Waals surface area contributed by atoms with E-state index in [1.807, 2.05) is 41.9 Å². The monoisotopic (exact) mass is 464 g/mol. The lowest BCUT2D eigenvalue weighted by Gasteiger charge is -2.11. The molecule has 4 rings (SSSR count). The van der Waals surface area contributed by atoms with Crippen LogP contribution in [-0.2, 0) is 4.84 Å². The third-order valence-electron chi connectivity index (χ3n) is 3.47. The predicted octanol–water partition coefficient (Wildman–Crippen LogP) is 6.31. The summed E-state index contributed by atoms with van der Waals surface area (Å²) in [4.78, 5) is 22.0. The van der Waals surface area contributed by atoms with Crippen molar-refractivity contribution in [3.8, 4) is 11.5 Å². The number of aromatic nitrogens is 2. The minimum Gasteiger partial charge on any atom is -0.494 e. The maximum atomic E-state index is 9.35. The predicted molar refractivity (Wildman–Crippen MR) is 130 cm³/mol. The van der Waals surface area contributed by atoms with Crippen LogP contribution in [0.3, 0.4) is 0 Å². The molecule has 0 atom stereocenters. The molecule has 31 heavy (non-hydrogen) atoms. The summed E-state index contributed by atoms with van der Waals surface area (Å²) in [7, 11) is 3.29. The van der Waals surface area contributed by atoms with Crippen LogP contribution in [-0.4, -0.2) is 29.8 Å². The number of hydrogen-bond donors (Lipinski definition) is 1. The molecule has 0 aliphatic rings. The quantitative estimate of drug-likeness (QED) is 0.279. The molecule has 0 saturated heterocycles. The number of thiazole rings is 2. The van der Waals surface area contributed by atoms with Gasteiger partial charge in [0.25, 0.3) is 0 Å². The smallest absolute Gasteiger partial charge is 0.181 e. The van der Waals surface area contributed by atoms with Crippen LogP contribution in [0, 0.1) is 4.91 Å². The summed E-state index contributed by atoms with van der Waals surface area (Å²) in [6.07, 6.45) is 0. The molecular weight excluding hydrogens is 436 g/mol. The SMILES string of the molecule is C.CC(C)(C)ON=O.COc1cccc2sc(N)nc12.COc1cccc2scnc12. The molecule has 2 N–H and O–H groups in total. The number of fused-ring (bicyclic) bond motifs is 2. The van der Waals surface area contributed by atoms with Crippen molar-refractivity contribution in [2.75, 3.05) is 20.0 Å². The van der Waals surface area contributed by atoms with Crippen molar-refractivity contribution in [2.24, 2.45) is 5.34 Å². The van der Waals surface area contributed by atoms with Gasteiger partial charge >= 0.3 is 0 Å². The van der Waals surface area contributed by atoms with E-state index in [1.54, 1.807) is 46.3 Å². The van der Waals surface area contributed by atoms with Crippen LogP contribution < -0.4 is 15.2 Å². The zero-order chi connectivity index (χ0) is 22.1. The number of methoxy groups -OCH3 is 2. The zero-order valence-corrected chi connectivity index (χ0v) is 19.0. The fourth-order valence-corrected chi connectivity index (χ4v) is 3.69. The number of nitrogen functional groups attached to an aromatic ring is 1. The lowest BCUT2D eigenvalue weighted by molar-refractivity contribution is -0.00229. The number of para-hydroxylation sites is 2. The summed E-state index contributed by atoms with van der Waals surface area (Å²) in [5.74, 6) is 1.63. The van der Waals surface area contributed by atoms with E-state index >= 15 is 0 Å². The van der Waals surface area contributed by atoms with Crippen LogP contribution in [0.25, 0.3) is 20.4 Å². The third-order valence-corrected chi connectivity index (χ3v) is 5.12. The van der Waals surface area contributed by atoms with Crippen molar-refractivity contribution in [3.05, 3.63) is 46.8 Å². The largest absolute Gasteiger partial charge is 0.494 e. The first-order chi connectivity index (χ1) is 14.3. The summed E-state index contributed by atoms with van der Waals surface area (Å²) in [5, 5.41) is 2.84. The Labute approximate surface area is 189 Å². The van der Waals surface area contributed by atoms with Crippen LogP contribution in [0.4, 0.5) is 5.13 Å². The molecule has 0 aliphatic carbocycles. The van der Waals surface area contributed by atoms with Gasteiger partial charge in [0.1, 0.15) is 28.1 Å². The van der Waals surface area contributed by atoms with Gasteiger partial charge in [-0.05, 0) is 45.0 Å². The summed E-state index contributed by atoms with van der Waals surface area (Å²) in [5.41, 5.74) is 8.77. The Morgan fingerprint density at radius 3 is 2.06 bits per heavy atom. The Hall–Kier alpha value is -2.98. The summed E-state index contributed by atoms with van der Waals surface area (Å²) >= 11 is 3.09. The number of anilines is 1. The molecule has 10 heteroatoms. The highest BCUT2D eigenvalue weighted by molar-refractivity contribution is 7.22. The van der Waals surface area contributed by atoms with Gasteiger partial charge in [-0.25, -0.2) is 9.97 Å². The topological polar surface area (TPSA) is 109 Å². The van der Waals surface area contributed by atoms with Crippen LogP contribution in [0.15, 0.2) is 47.2 Å². The van der Waals surface area contributed by atoms with E-state index in [0.717, 1.165) is 27.2 Å². The molecule has 0 spiro atoms. The normalized spacial score (nSPS) is 10.1. The second-order valence-electron chi connectivity index (χ2n) is 6.80. The second-order valence-corrected chi connectivity index (χ2v) is 8.75. The van der Waals surface area contributed by atoms with Gasteiger partial charge in [-0.15, -0.1) is 16.2 Å². The zero-order valence-electron chi connectivity index (χ0n) is 17.4. The molecule has 2 aromatic carbocycles. The van der Waals surface area contributed by atoms with Crippen molar-refractivity contribution >= 4 is 48.2 Å². The Kier molecular flexibility index (Phi) is 10.1. The van der Waals surface area contributed by atoms with E-state index < -0.39 is 5.60 Å².